The van der Waals surface area contributed by atoms with E-state index in [9.17, 15) is 9.59 Å². The Bertz CT molecular complexity index is 395. The van der Waals surface area contributed by atoms with Gasteiger partial charge < -0.3 is 9.47 Å². The highest BCUT2D eigenvalue weighted by Crippen LogP contribution is 2.25. The molecule has 0 aromatic heterocycles. The fourth-order valence-corrected chi connectivity index (χ4v) is 4.01. The SMILES string of the molecule is CCCCCC(CC(=O)OC1CCCCC1)C(=O)OC1CCCCC1. The number of unbranched alkanes of at least 4 members (excludes halogenated alkanes) is 2. The number of carbonyl (C=O) groups excluding carboxylic acids is 2. The maximum atomic E-state index is 12.6. The van der Waals surface area contributed by atoms with Gasteiger partial charge >= 0.3 is 11.9 Å². The van der Waals surface area contributed by atoms with Crippen molar-refractivity contribution < 1.29 is 19.1 Å². The fourth-order valence-electron chi connectivity index (χ4n) is 4.01. The lowest BCUT2D eigenvalue weighted by atomic mass is 9.95. The van der Waals surface area contributed by atoms with Gasteiger partial charge in [-0.15, -0.1) is 0 Å². The number of ether oxygens (including phenoxy) is 2. The Kier molecular flexibility index (Phi) is 9.35. The van der Waals surface area contributed by atoms with Crippen LogP contribution in [0.2, 0.25) is 0 Å². The van der Waals surface area contributed by atoms with E-state index in [-0.39, 0.29) is 36.5 Å². The molecule has 0 heterocycles. The van der Waals surface area contributed by atoms with Crippen molar-refractivity contribution in [3.8, 4) is 0 Å². The summed E-state index contributed by atoms with van der Waals surface area (Å²) >= 11 is 0. The monoisotopic (exact) mass is 352 g/mol. The third-order valence-corrected chi connectivity index (χ3v) is 5.59. The van der Waals surface area contributed by atoms with Crippen molar-refractivity contribution in [2.24, 2.45) is 5.92 Å². The summed E-state index contributed by atoms with van der Waals surface area (Å²) in [5, 5.41) is 0. The first-order chi connectivity index (χ1) is 12.2. The highest BCUT2D eigenvalue weighted by atomic mass is 16.6. The first-order valence-corrected chi connectivity index (χ1v) is 10.6. The summed E-state index contributed by atoms with van der Waals surface area (Å²) in [5.41, 5.74) is 0. The number of hydrogen-bond acceptors (Lipinski definition) is 4. The summed E-state index contributed by atoms with van der Waals surface area (Å²) in [4.78, 5) is 24.9. The molecule has 2 fully saturated rings. The predicted molar refractivity (Wildman–Crippen MR) is 98.2 cm³/mol. The fraction of sp³-hybridized carbons (Fsp3) is 0.905. The van der Waals surface area contributed by atoms with Gasteiger partial charge in [-0.1, -0.05) is 39.0 Å². The summed E-state index contributed by atoms with van der Waals surface area (Å²) in [6, 6.07) is 0. The van der Waals surface area contributed by atoms with Gasteiger partial charge in [0, 0.05) is 0 Å². The summed E-state index contributed by atoms with van der Waals surface area (Å²) in [6.45, 7) is 2.15. The molecule has 0 spiro atoms. The van der Waals surface area contributed by atoms with Crippen molar-refractivity contribution in [1.82, 2.24) is 0 Å². The minimum Gasteiger partial charge on any atom is -0.462 e. The van der Waals surface area contributed by atoms with E-state index in [2.05, 4.69) is 6.92 Å². The number of esters is 2. The van der Waals surface area contributed by atoms with Crippen LogP contribution in [0.25, 0.3) is 0 Å². The van der Waals surface area contributed by atoms with Gasteiger partial charge in [0.05, 0.1) is 12.3 Å². The second kappa shape index (κ2) is 11.5. The summed E-state index contributed by atoms with van der Waals surface area (Å²) in [6.07, 6.45) is 15.1. The predicted octanol–water partition coefficient (Wildman–Crippen LogP) is 5.32. The van der Waals surface area contributed by atoms with Crippen LogP contribution < -0.4 is 0 Å². The van der Waals surface area contributed by atoms with Gasteiger partial charge in [0.15, 0.2) is 0 Å². The molecule has 0 aliphatic heterocycles. The minimum absolute atomic E-state index is 0.0595. The van der Waals surface area contributed by atoms with Gasteiger partial charge in [0.25, 0.3) is 0 Å². The van der Waals surface area contributed by atoms with Gasteiger partial charge in [0.1, 0.15) is 12.2 Å². The lowest BCUT2D eigenvalue weighted by Gasteiger charge is -2.25. The molecule has 2 rings (SSSR count). The van der Waals surface area contributed by atoms with Crippen molar-refractivity contribution in [3.63, 3.8) is 0 Å². The number of hydrogen-bond donors (Lipinski definition) is 0. The van der Waals surface area contributed by atoms with Crippen LogP contribution in [0.15, 0.2) is 0 Å². The summed E-state index contributed by atoms with van der Waals surface area (Å²) in [5.74, 6) is -0.720. The zero-order chi connectivity index (χ0) is 17.9. The smallest absolute Gasteiger partial charge is 0.309 e. The number of rotatable bonds is 9. The molecule has 1 atom stereocenters. The van der Waals surface area contributed by atoms with E-state index in [0.717, 1.165) is 77.0 Å². The molecule has 0 aromatic rings. The van der Waals surface area contributed by atoms with Crippen molar-refractivity contribution >= 4 is 11.9 Å². The van der Waals surface area contributed by atoms with Crippen LogP contribution in [-0.4, -0.2) is 24.1 Å². The molecule has 0 aromatic carbocycles. The second-order valence-electron chi connectivity index (χ2n) is 7.84. The van der Waals surface area contributed by atoms with Gasteiger partial charge in [0.2, 0.25) is 0 Å². The third kappa shape index (κ3) is 7.79. The Balaban J connectivity index is 1.82. The van der Waals surface area contributed by atoms with Crippen molar-refractivity contribution in [2.45, 2.75) is 115 Å². The molecule has 0 saturated heterocycles. The summed E-state index contributed by atoms with van der Waals surface area (Å²) in [7, 11) is 0. The Morgan fingerprint density at radius 3 is 1.96 bits per heavy atom. The van der Waals surface area contributed by atoms with E-state index in [1.807, 2.05) is 0 Å². The maximum absolute atomic E-state index is 12.6. The topological polar surface area (TPSA) is 52.6 Å². The molecule has 0 N–H and O–H groups in total. The van der Waals surface area contributed by atoms with Crippen molar-refractivity contribution in [2.75, 3.05) is 0 Å². The molecule has 1 unspecified atom stereocenters. The van der Waals surface area contributed by atoms with Gasteiger partial charge in [-0.2, -0.15) is 0 Å². The Morgan fingerprint density at radius 1 is 0.840 bits per heavy atom. The average molecular weight is 353 g/mol. The van der Waals surface area contributed by atoms with E-state index >= 15 is 0 Å². The largest absolute Gasteiger partial charge is 0.462 e. The molecular formula is C21H36O4. The minimum atomic E-state index is -0.329. The van der Waals surface area contributed by atoms with Gasteiger partial charge in [-0.05, 0) is 57.8 Å². The molecule has 0 amide bonds. The zero-order valence-corrected chi connectivity index (χ0v) is 16.0. The zero-order valence-electron chi connectivity index (χ0n) is 16.0. The standard InChI is InChI=1S/C21H36O4/c1-2-3-6-11-17(21(23)25-19-14-9-5-10-15-19)16-20(22)24-18-12-7-4-8-13-18/h17-19H,2-16H2,1H3. The van der Waals surface area contributed by atoms with Crippen molar-refractivity contribution in [3.05, 3.63) is 0 Å². The first kappa shape index (κ1) is 20.3. The third-order valence-electron chi connectivity index (χ3n) is 5.59. The molecule has 25 heavy (non-hydrogen) atoms. The maximum Gasteiger partial charge on any atom is 0.309 e. The Labute approximate surface area is 153 Å². The normalized spacial score (nSPS) is 20.8. The van der Waals surface area contributed by atoms with Crippen LogP contribution in [0, 0.1) is 5.92 Å². The molecule has 2 saturated carbocycles. The lowest BCUT2D eigenvalue weighted by Crippen LogP contribution is -2.29. The van der Waals surface area contributed by atoms with Crippen LogP contribution in [0.4, 0.5) is 0 Å². The molecule has 144 valence electrons. The first-order valence-electron chi connectivity index (χ1n) is 10.6. The molecule has 4 nitrogen and oxygen atoms in total. The lowest BCUT2D eigenvalue weighted by molar-refractivity contribution is -0.162. The molecular weight excluding hydrogens is 316 g/mol. The highest BCUT2D eigenvalue weighted by Gasteiger charge is 2.28. The quantitative estimate of drug-likeness (QED) is 0.416. The van der Waals surface area contributed by atoms with Crippen LogP contribution >= 0.6 is 0 Å². The summed E-state index contributed by atoms with van der Waals surface area (Å²) < 4.78 is 11.3. The molecule has 0 bridgehead atoms. The van der Waals surface area contributed by atoms with E-state index in [1.54, 1.807) is 0 Å². The molecule has 2 aliphatic carbocycles. The average Bonchev–Trinajstić information content (AvgIpc) is 2.62. The Hall–Kier alpha value is -1.06. The van der Waals surface area contributed by atoms with E-state index in [1.165, 1.54) is 12.8 Å². The second-order valence-corrected chi connectivity index (χ2v) is 7.84. The highest BCUT2D eigenvalue weighted by molar-refractivity contribution is 5.80. The molecule has 4 heteroatoms. The Morgan fingerprint density at radius 2 is 1.40 bits per heavy atom. The molecule has 0 radical (unpaired) electrons. The number of carbonyl (C=O) groups is 2. The van der Waals surface area contributed by atoms with Crippen molar-refractivity contribution in [1.29, 1.82) is 0 Å². The van der Waals surface area contributed by atoms with Gasteiger partial charge in [-0.3, -0.25) is 9.59 Å². The van der Waals surface area contributed by atoms with E-state index < -0.39 is 0 Å². The van der Waals surface area contributed by atoms with E-state index in [0.29, 0.717) is 0 Å². The molecule has 2 aliphatic rings. The van der Waals surface area contributed by atoms with Crippen LogP contribution in [0.5, 0.6) is 0 Å². The van der Waals surface area contributed by atoms with E-state index in [4.69, 9.17) is 9.47 Å². The van der Waals surface area contributed by atoms with Crippen LogP contribution in [-0.2, 0) is 19.1 Å². The van der Waals surface area contributed by atoms with Gasteiger partial charge in [-0.25, -0.2) is 0 Å². The van der Waals surface area contributed by atoms with Crippen LogP contribution in [0.3, 0.4) is 0 Å². The van der Waals surface area contributed by atoms with Crippen LogP contribution in [0.1, 0.15) is 103 Å².